The first kappa shape index (κ1) is 18.1. The first-order valence-electron chi connectivity index (χ1n) is 6.27. The molecule has 0 aromatic heterocycles. The number of sulfonamides is 1. The predicted molar refractivity (Wildman–Crippen MR) is 87.3 cm³/mol. The molecule has 0 spiro atoms. The Bertz CT molecular complexity index is 586. The van der Waals surface area contributed by atoms with Gasteiger partial charge in [0.25, 0.3) is 0 Å². The smallest absolute Gasteiger partial charge is 0.241 e. The normalized spacial score (nSPS) is 15.1. The van der Waals surface area contributed by atoms with E-state index in [2.05, 4.69) is 36.6 Å². The van der Waals surface area contributed by atoms with Crippen LogP contribution in [0.4, 0.5) is 0 Å². The van der Waals surface area contributed by atoms with Crippen molar-refractivity contribution in [2.75, 3.05) is 6.54 Å². The Morgan fingerprint density at radius 1 is 1.30 bits per heavy atom. The van der Waals surface area contributed by atoms with Gasteiger partial charge >= 0.3 is 0 Å². The van der Waals surface area contributed by atoms with Crippen molar-refractivity contribution in [2.24, 2.45) is 0 Å². The maximum Gasteiger partial charge on any atom is 0.241 e. The van der Waals surface area contributed by atoms with Crippen LogP contribution in [0.15, 0.2) is 26.0 Å². The van der Waals surface area contributed by atoms with Crippen molar-refractivity contribution in [3.63, 3.8) is 0 Å². The number of hydrogen-bond acceptors (Lipinski definition) is 3. The Balaban J connectivity index is 2.98. The lowest BCUT2D eigenvalue weighted by Gasteiger charge is -2.23. The number of aliphatic hydroxyl groups is 1. The van der Waals surface area contributed by atoms with E-state index in [9.17, 15) is 13.5 Å². The molecule has 7 heteroatoms. The minimum absolute atomic E-state index is 0.0128. The number of nitrogens with one attached hydrogen (secondary N) is 1. The highest BCUT2D eigenvalue weighted by Gasteiger charge is 2.25. The standard InChI is InChI=1S/C13H19Br2NO3S/c1-4-5-13(3,17)8-16-20(18,19)12-7-10(14)9(2)6-11(12)15/h6-7,16-17H,4-5,8H2,1-3H3. The fraction of sp³-hybridized carbons (Fsp3) is 0.538. The second-order valence-electron chi connectivity index (χ2n) is 5.10. The van der Waals surface area contributed by atoms with Gasteiger partial charge in [-0.25, -0.2) is 13.1 Å². The molecule has 0 saturated heterocycles. The molecular formula is C13H19Br2NO3S. The topological polar surface area (TPSA) is 66.4 Å². The molecule has 114 valence electrons. The maximum absolute atomic E-state index is 12.3. The summed E-state index contributed by atoms with van der Waals surface area (Å²) < 4.78 is 28.3. The lowest BCUT2D eigenvalue weighted by atomic mass is 10.0. The third kappa shape index (κ3) is 4.80. The first-order chi connectivity index (χ1) is 9.09. The summed E-state index contributed by atoms with van der Waals surface area (Å²) in [6.45, 7) is 5.43. The third-order valence-corrected chi connectivity index (χ3v) is 6.15. The molecule has 1 atom stereocenters. The molecule has 0 amide bonds. The minimum Gasteiger partial charge on any atom is -0.389 e. The van der Waals surface area contributed by atoms with Gasteiger partial charge in [0, 0.05) is 15.5 Å². The van der Waals surface area contributed by atoms with Crippen molar-refractivity contribution < 1.29 is 13.5 Å². The molecule has 0 bridgehead atoms. The van der Waals surface area contributed by atoms with E-state index in [-0.39, 0.29) is 11.4 Å². The van der Waals surface area contributed by atoms with E-state index >= 15 is 0 Å². The fourth-order valence-electron chi connectivity index (χ4n) is 1.79. The van der Waals surface area contributed by atoms with Crippen LogP contribution in [0, 0.1) is 6.92 Å². The second-order valence-corrected chi connectivity index (χ2v) is 8.55. The second kappa shape index (κ2) is 6.87. The molecule has 1 aromatic carbocycles. The Morgan fingerprint density at radius 3 is 2.45 bits per heavy atom. The van der Waals surface area contributed by atoms with E-state index in [1.807, 2.05) is 13.8 Å². The van der Waals surface area contributed by atoms with E-state index in [1.54, 1.807) is 19.1 Å². The molecule has 0 fully saturated rings. The van der Waals surface area contributed by atoms with Gasteiger partial charge in [0.2, 0.25) is 10.0 Å². The largest absolute Gasteiger partial charge is 0.389 e. The number of halogens is 2. The first-order valence-corrected chi connectivity index (χ1v) is 9.33. The van der Waals surface area contributed by atoms with Crippen molar-refractivity contribution in [2.45, 2.75) is 44.1 Å². The monoisotopic (exact) mass is 427 g/mol. The Labute approximate surface area is 137 Å². The van der Waals surface area contributed by atoms with E-state index in [4.69, 9.17) is 0 Å². The summed E-state index contributed by atoms with van der Waals surface area (Å²) in [7, 11) is -3.67. The third-order valence-electron chi connectivity index (χ3n) is 2.93. The van der Waals surface area contributed by atoms with Gasteiger partial charge in [-0.1, -0.05) is 29.3 Å². The van der Waals surface area contributed by atoms with Crippen LogP contribution in [0.3, 0.4) is 0 Å². The van der Waals surface area contributed by atoms with E-state index in [1.165, 1.54) is 0 Å². The summed E-state index contributed by atoms with van der Waals surface area (Å²) in [5, 5.41) is 10.0. The van der Waals surface area contributed by atoms with Gasteiger partial charge in [0.1, 0.15) is 0 Å². The lowest BCUT2D eigenvalue weighted by Crippen LogP contribution is -2.40. The number of rotatable bonds is 6. The summed E-state index contributed by atoms with van der Waals surface area (Å²) in [5.74, 6) is 0. The average Bonchev–Trinajstić information content (AvgIpc) is 2.31. The molecule has 2 N–H and O–H groups in total. The van der Waals surface area contributed by atoms with Crippen LogP contribution in [-0.4, -0.2) is 25.7 Å². The van der Waals surface area contributed by atoms with Crippen LogP contribution in [0.25, 0.3) is 0 Å². The fourth-order valence-corrected chi connectivity index (χ4v) is 4.63. The summed E-state index contributed by atoms with van der Waals surface area (Å²) >= 11 is 6.59. The van der Waals surface area contributed by atoms with Crippen LogP contribution in [-0.2, 0) is 10.0 Å². The molecule has 1 unspecified atom stereocenters. The van der Waals surface area contributed by atoms with E-state index in [0.29, 0.717) is 10.9 Å². The minimum atomic E-state index is -3.67. The number of benzene rings is 1. The van der Waals surface area contributed by atoms with Gasteiger partial charge in [0.05, 0.1) is 10.5 Å². The Kier molecular flexibility index (Phi) is 6.22. The molecule has 4 nitrogen and oxygen atoms in total. The van der Waals surface area contributed by atoms with Crippen molar-refractivity contribution in [1.29, 1.82) is 0 Å². The van der Waals surface area contributed by atoms with Crippen molar-refractivity contribution in [3.05, 3.63) is 26.6 Å². The van der Waals surface area contributed by atoms with Crippen molar-refractivity contribution in [3.8, 4) is 0 Å². The van der Waals surface area contributed by atoms with Gasteiger partial charge in [0.15, 0.2) is 0 Å². The average molecular weight is 429 g/mol. The maximum atomic E-state index is 12.3. The molecule has 0 heterocycles. The SMILES string of the molecule is CCCC(C)(O)CNS(=O)(=O)c1cc(Br)c(C)cc1Br. The quantitative estimate of drug-likeness (QED) is 0.729. The summed E-state index contributed by atoms with van der Waals surface area (Å²) in [6, 6.07) is 3.29. The summed E-state index contributed by atoms with van der Waals surface area (Å²) in [6.07, 6.45) is 1.32. The van der Waals surface area contributed by atoms with Crippen LogP contribution < -0.4 is 4.72 Å². The highest BCUT2D eigenvalue weighted by atomic mass is 79.9. The molecule has 1 aromatic rings. The van der Waals surface area contributed by atoms with E-state index < -0.39 is 15.6 Å². The van der Waals surface area contributed by atoms with Gasteiger partial charge < -0.3 is 5.11 Å². The summed E-state index contributed by atoms with van der Waals surface area (Å²) in [4.78, 5) is 0.155. The van der Waals surface area contributed by atoms with Gasteiger partial charge in [-0.05, 0) is 53.9 Å². The van der Waals surface area contributed by atoms with Crippen molar-refractivity contribution >= 4 is 41.9 Å². The van der Waals surface area contributed by atoms with Crippen LogP contribution in [0.5, 0.6) is 0 Å². The molecule has 0 aliphatic rings. The molecular weight excluding hydrogens is 410 g/mol. The molecule has 0 aliphatic carbocycles. The molecule has 0 aliphatic heterocycles. The van der Waals surface area contributed by atoms with E-state index in [0.717, 1.165) is 16.5 Å². The van der Waals surface area contributed by atoms with Crippen LogP contribution >= 0.6 is 31.9 Å². The Morgan fingerprint density at radius 2 is 1.90 bits per heavy atom. The lowest BCUT2D eigenvalue weighted by molar-refractivity contribution is 0.0554. The number of aryl methyl sites for hydroxylation is 1. The van der Waals surface area contributed by atoms with Crippen LogP contribution in [0.1, 0.15) is 32.3 Å². The zero-order chi connectivity index (χ0) is 15.6. The predicted octanol–water partition coefficient (Wildman–Crippen LogP) is 3.35. The molecule has 20 heavy (non-hydrogen) atoms. The van der Waals surface area contributed by atoms with Crippen LogP contribution in [0.2, 0.25) is 0 Å². The van der Waals surface area contributed by atoms with Gasteiger partial charge in [-0.15, -0.1) is 0 Å². The zero-order valence-electron chi connectivity index (χ0n) is 11.7. The Hall–Kier alpha value is 0.0500. The zero-order valence-corrected chi connectivity index (χ0v) is 15.7. The molecule has 1 rings (SSSR count). The number of hydrogen-bond donors (Lipinski definition) is 2. The van der Waals surface area contributed by atoms with Gasteiger partial charge in [-0.3, -0.25) is 0 Å². The highest BCUT2D eigenvalue weighted by Crippen LogP contribution is 2.28. The summed E-state index contributed by atoms with van der Waals surface area (Å²) in [5.41, 5.74) is -0.107. The van der Waals surface area contributed by atoms with Gasteiger partial charge in [-0.2, -0.15) is 0 Å². The molecule has 0 radical (unpaired) electrons. The molecule has 0 saturated carbocycles. The highest BCUT2D eigenvalue weighted by molar-refractivity contribution is 9.11. The van der Waals surface area contributed by atoms with Crippen molar-refractivity contribution in [1.82, 2.24) is 4.72 Å².